The van der Waals surface area contributed by atoms with E-state index in [0.29, 0.717) is 27.9 Å². The maximum absolute atomic E-state index is 14.3. The smallest absolute Gasteiger partial charge is 0.264 e. The molecule has 43 heavy (non-hydrogen) atoms. The van der Waals surface area contributed by atoms with Crippen molar-refractivity contribution in [2.75, 3.05) is 31.6 Å². The number of ether oxygens (including phenoxy) is 2. The zero-order chi connectivity index (χ0) is 31.7. The lowest BCUT2D eigenvalue weighted by molar-refractivity contribution is -0.140. The molecule has 0 saturated heterocycles. The molecule has 0 spiro atoms. The van der Waals surface area contributed by atoms with Crippen molar-refractivity contribution < 1.29 is 27.5 Å². The number of methoxy groups -OCH3 is 2. The molecule has 0 unspecified atom stereocenters. The second-order valence-corrected chi connectivity index (χ2v) is 12.9. The van der Waals surface area contributed by atoms with Crippen molar-refractivity contribution >= 4 is 50.7 Å². The van der Waals surface area contributed by atoms with Crippen LogP contribution in [0, 0.1) is 5.92 Å². The molecule has 1 N–H and O–H groups in total. The van der Waals surface area contributed by atoms with Crippen LogP contribution in [0.1, 0.15) is 32.8 Å². The summed E-state index contributed by atoms with van der Waals surface area (Å²) in [7, 11) is -1.43. The lowest BCUT2D eigenvalue weighted by atomic mass is 10.1. The van der Waals surface area contributed by atoms with Gasteiger partial charge in [-0.2, -0.15) is 0 Å². The number of hydrogen-bond donors (Lipinski definition) is 1. The molecule has 0 aliphatic rings. The number of benzene rings is 3. The first-order valence-electron chi connectivity index (χ1n) is 13.7. The molecule has 2 amide bonds. The van der Waals surface area contributed by atoms with E-state index < -0.39 is 28.5 Å². The van der Waals surface area contributed by atoms with Crippen molar-refractivity contribution in [1.29, 1.82) is 0 Å². The molecule has 0 saturated carbocycles. The summed E-state index contributed by atoms with van der Waals surface area (Å²) in [5, 5.41) is 3.53. The van der Waals surface area contributed by atoms with E-state index in [2.05, 4.69) is 5.32 Å². The Labute approximate surface area is 263 Å². The summed E-state index contributed by atoms with van der Waals surface area (Å²) in [6, 6.07) is 16.5. The minimum absolute atomic E-state index is 0.0161. The van der Waals surface area contributed by atoms with Gasteiger partial charge >= 0.3 is 0 Å². The van der Waals surface area contributed by atoms with Crippen LogP contribution in [-0.2, 0) is 26.2 Å². The lowest BCUT2D eigenvalue weighted by Gasteiger charge is -2.33. The van der Waals surface area contributed by atoms with Crippen molar-refractivity contribution in [3.63, 3.8) is 0 Å². The van der Waals surface area contributed by atoms with Gasteiger partial charge < -0.3 is 19.7 Å². The van der Waals surface area contributed by atoms with Crippen LogP contribution in [0.5, 0.6) is 11.5 Å². The lowest BCUT2D eigenvalue weighted by Crippen LogP contribution is -2.52. The van der Waals surface area contributed by atoms with Gasteiger partial charge in [-0.1, -0.05) is 68.2 Å². The summed E-state index contributed by atoms with van der Waals surface area (Å²) in [5.74, 6) is -0.190. The predicted molar refractivity (Wildman–Crippen MR) is 169 cm³/mol. The molecule has 0 aliphatic carbocycles. The van der Waals surface area contributed by atoms with Gasteiger partial charge in [-0.15, -0.1) is 0 Å². The molecule has 9 nitrogen and oxygen atoms in total. The summed E-state index contributed by atoms with van der Waals surface area (Å²) < 4.78 is 40.0. The maximum Gasteiger partial charge on any atom is 0.264 e. The zero-order valence-corrected chi connectivity index (χ0v) is 27.2. The highest BCUT2D eigenvalue weighted by molar-refractivity contribution is 7.92. The van der Waals surface area contributed by atoms with Gasteiger partial charge in [0.05, 0.1) is 34.8 Å². The molecule has 0 fully saturated rings. The Morgan fingerprint density at radius 3 is 2.21 bits per heavy atom. The quantitative estimate of drug-likeness (QED) is 0.237. The van der Waals surface area contributed by atoms with Crippen LogP contribution in [0.15, 0.2) is 71.6 Å². The summed E-state index contributed by atoms with van der Waals surface area (Å²) in [4.78, 5) is 29.0. The Balaban J connectivity index is 2.14. The van der Waals surface area contributed by atoms with Gasteiger partial charge in [0.15, 0.2) is 0 Å². The molecule has 0 aliphatic heterocycles. The third kappa shape index (κ3) is 8.55. The number of carbonyl (C=O) groups is 2. The fourth-order valence-corrected chi connectivity index (χ4v) is 6.16. The summed E-state index contributed by atoms with van der Waals surface area (Å²) >= 11 is 12.4. The molecule has 1 atom stereocenters. The van der Waals surface area contributed by atoms with Crippen LogP contribution >= 0.6 is 23.2 Å². The Hall–Kier alpha value is -3.47. The number of anilines is 1. The van der Waals surface area contributed by atoms with Gasteiger partial charge in [-0.3, -0.25) is 13.9 Å². The molecule has 0 bridgehead atoms. The average Bonchev–Trinajstić information content (AvgIpc) is 3.00. The first-order valence-corrected chi connectivity index (χ1v) is 15.9. The number of nitrogens with zero attached hydrogens (tertiary/aromatic N) is 2. The van der Waals surface area contributed by atoms with Crippen LogP contribution in [0.4, 0.5) is 5.69 Å². The van der Waals surface area contributed by atoms with Crippen LogP contribution in [0.3, 0.4) is 0 Å². The van der Waals surface area contributed by atoms with E-state index in [4.69, 9.17) is 32.7 Å². The summed E-state index contributed by atoms with van der Waals surface area (Å²) in [6.45, 7) is 5.49. The second kappa shape index (κ2) is 15.3. The van der Waals surface area contributed by atoms with Crippen molar-refractivity contribution in [3.05, 3.63) is 82.3 Å². The number of carbonyl (C=O) groups excluding carboxylic acids is 2. The second-order valence-electron chi connectivity index (χ2n) is 10.2. The van der Waals surface area contributed by atoms with E-state index in [1.165, 1.54) is 37.3 Å². The van der Waals surface area contributed by atoms with Gasteiger partial charge in [0.2, 0.25) is 11.8 Å². The SMILES string of the molecule is CC[C@@H](C(=O)NCC(C)C)N(Cc1ccc(Cl)c(Cl)c1)C(=O)CN(c1cc(OC)ccc1OC)S(=O)(=O)c1ccccc1. The molecule has 0 heterocycles. The van der Waals surface area contributed by atoms with Gasteiger partial charge in [0.1, 0.15) is 24.1 Å². The van der Waals surface area contributed by atoms with E-state index in [9.17, 15) is 18.0 Å². The minimum atomic E-state index is -4.29. The van der Waals surface area contributed by atoms with E-state index in [0.717, 1.165) is 4.31 Å². The first kappa shape index (κ1) is 34.0. The van der Waals surface area contributed by atoms with Crippen LogP contribution in [-0.4, -0.2) is 58.5 Å². The van der Waals surface area contributed by atoms with Crippen molar-refractivity contribution in [2.24, 2.45) is 5.92 Å². The molecular weight excluding hydrogens is 613 g/mol. The van der Waals surface area contributed by atoms with Crippen molar-refractivity contribution in [1.82, 2.24) is 10.2 Å². The highest BCUT2D eigenvalue weighted by atomic mass is 35.5. The third-order valence-electron chi connectivity index (χ3n) is 6.67. The number of amides is 2. The number of sulfonamides is 1. The number of hydrogen-bond acceptors (Lipinski definition) is 6. The Bertz CT molecular complexity index is 1520. The number of halogens is 2. The molecule has 0 radical (unpaired) electrons. The monoisotopic (exact) mass is 649 g/mol. The van der Waals surface area contributed by atoms with E-state index in [-0.39, 0.29) is 41.1 Å². The molecule has 3 aromatic rings. The fourth-order valence-electron chi connectivity index (χ4n) is 4.40. The van der Waals surface area contributed by atoms with E-state index in [1.54, 1.807) is 55.5 Å². The fraction of sp³-hybridized carbons (Fsp3) is 0.355. The Kier molecular flexibility index (Phi) is 12.1. The van der Waals surface area contributed by atoms with Crippen LogP contribution in [0.25, 0.3) is 0 Å². The molecule has 0 aromatic heterocycles. The molecule has 3 rings (SSSR count). The average molecular weight is 651 g/mol. The highest BCUT2D eigenvalue weighted by Gasteiger charge is 2.35. The Morgan fingerprint density at radius 1 is 0.930 bits per heavy atom. The van der Waals surface area contributed by atoms with E-state index >= 15 is 0 Å². The Morgan fingerprint density at radius 2 is 1.63 bits per heavy atom. The largest absolute Gasteiger partial charge is 0.497 e. The summed E-state index contributed by atoms with van der Waals surface area (Å²) in [5.41, 5.74) is 0.722. The van der Waals surface area contributed by atoms with Gasteiger partial charge in [-0.05, 0) is 54.3 Å². The summed E-state index contributed by atoms with van der Waals surface area (Å²) in [6.07, 6.45) is 0.283. The molecule has 3 aromatic carbocycles. The van der Waals surface area contributed by atoms with Crippen LogP contribution in [0.2, 0.25) is 10.0 Å². The van der Waals surface area contributed by atoms with Crippen molar-refractivity contribution in [3.8, 4) is 11.5 Å². The first-order chi connectivity index (χ1) is 20.4. The maximum atomic E-state index is 14.3. The third-order valence-corrected chi connectivity index (χ3v) is 9.19. The van der Waals surface area contributed by atoms with Crippen molar-refractivity contribution in [2.45, 2.75) is 44.7 Å². The molecule has 232 valence electrons. The van der Waals surface area contributed by atoms with Crippen LogP contribution < -0.4 is 19.1 Å². The number of nitrogens with one attached hydrogen (secondary N) is 1. The van der Waals surface area contributed by atoms with E-state index in [1.807, 2.05) is 13.8 Å². The molecular formula is C31H37Cl2N3O6S. The van der Waals surface area contributed by atoms with Gasteiger partial charge in [0.25, 0.3) is 10.0 Å². The molecule has 12 heteroatoms. The number of rotatable bonds is 14. The highest BCUT2D eigenvalue weighted by Crippen LogP contribution is 2.36. The standard InChI is InChI=1S/C31H37Cl2N3O6S/c1-6-27(31(38)34-18-21(2)3)35(19-22-12-14-25(32)26(33)16-22)30(37)20-36(43(39,40)24-10-8-7-9-11-24)28-17-23(41-4)13-15-29(28)42-5/h7-17,21,27H,6,18-20H2,1-5H3,(H,34,38)/t27-/m0/s1. The normalized spacial score (nSPS) is 12.0. The minimum Gasteiger partial charge on any atom is -0.497 e. The van der Waals surface area contributed by atoms with Gasteiger partial charge in [0, 0.05) is 19.2 Å². The predicted octanol–water partition coefficient (Wildman–Crippen LogP) is 5.79. The topological polar surface area (TPSA) is 105 Å². The zero-order valence-electron chi connectivity index (χ0n) is 24.8. The van der Waals surface area contributed by atoms with Gasteiger partial charge in [-0.25, -0.2) is 8.42 Å².